The van der Waals surface area contributed by atoms with Crippen LogP contribution >= 0.6 is 7.82 Å². The molecule has 0 aliphatic carbocycles. The molecule has 0 unspecified atom stereocenters. The Morgan fingerprint density at radius 2 is 1.67 bits per heavy atom. The van der Waals surface area contributed by atoms with Crippen LogP contribution < -0.4 is 0 Å². The maximum absolute atomic E-state index is 11.2. The van der Waals surface area contributed by atoms with Crippen molar-refractivity contribution < 1.29 is 18.1 Å². The van der Waals surface area contributed by atoms with E-state index in [2.05, 4.69) is 6.92 Å². The molecule has 3 heterocycles. The van der Waals surface area contributed by atoms with Gasteiger partial charge in [0.15, 0.2) is 5.76 Å². The second-order valence-corrected chi connectivity index (χ2v) is 5.39. The van der Waals surface area contributed by atoms with Crippen LogP contribution in [0.15, 0.2) is 11.7 Å². The second-order valence-electron chi connectivity index (χ2n) is 3.95. The molecule has 1 saturated heterocycles. The standard InChI is InChI=1S/C10H17O4P/c1-2-3-4-5-6-7-8-9-10-13-15(11,12-9)14-10/h2-8H2,1H3. The van der Waals surface area contributed by atoms with Crippen LogP contribution in [-0.4, -0.2) is 0 Å². The summed E-state index contributed by atoms with van der Waals surface area (Å²) in [6.45, 7) is 2.21. The number of rotatable bonds is 7. The Hall–Kier alpha value is -0.630. The number of allylic oxidation sites excluding steroid dienone is 1. The zero-order valence-electron chi connectivity index (χ0n) is 9.03. The molecular formula is C10H17O4P. The number of hydrogen-bond donors (Lipinski definition) is 0. The van der Waals surface area contributed by atoms with Gasteiger partial charge in [-0.2, -0.15) is 4.57 Å². The summed E-state index contributed by atoms with van der Waals surface area (Å²) in [6.07, 6.45) is 8.16. The van der Waals surface area contributed by atoms with Crippen molar-refractivity contribution in [3.05, 3.63) is 11.7 Å². The van der Waals surface area contributed by atoms with E-state index in [1.54, 1.807) is 0 Å². The van der Waals surface area contributed by atoms with Crippen LogP contribution in [-0.2, 0) is 18.1 Å². The first-order valence-electron chi connectivity index (χ1n) is 5.65. The van der Waals surface area contributed by atoms with Crippen LogP contribution in [0.25, 0.3) is 0 Å². The number of fused-ring (bicyclic) bond motifs is 1. The van der Waals surface area contributed by atoms with Gasteiger partial charge in [-0.15, -0.1) is 0 Å². The largest absolute Gasteiger partial charge is 0.651 e. The maximum Gasteiger partial charge on any atom is 0.651 e. The normalized spacial score (nSPS) is 20.3. The lowest BCUT2D eigenvalue weighted by atomic mass is 10.1. The molecule has 2 bridgehead atoms. The lowest BCUT2D eigenvalue weighted by Crippen LogP contribution is -1.99. The average Bonchev–Trinajstić information content (AvgIpc) is 2.63. The summed E-state index contributed by atoms with van der Waals surface area (Å²) in [5.74, 6) is 1.00. The minimum atomic E-state index is -3.10. The Balaban J connectivity index is 1.56. The molecule has 3 aliphatic rings. The van der Waals surface area contributed by atoms with E-state index in [-0.39, 0.29) is 0 Å². The zero-order chi connectivity index (χ0) is 10.7. The van der Waals surface area contributed by atoms with E-state index < -0.39 is 7.82 Å². The topological polar surface area (TPSA) is 44.8 Å². The molecule has 4 nitrogen and oxygen atoms in total. The van der Waals surface area contributed by atoms with Crippen molar-refractivity contribution in [3.63, 3.8) is 0 Å². The zero-order valence-corrected chi connectivity index (χ0v) is 9.92. The molecule has 0 N–H and O–H groups in total. The van der Waals surface area contributed by atoms with E-state index in [1.807, 2.05) is 0 Å². The Bertz CT molecular complexity index is 299. The summed E-state index contributed by atoms with van der Waals surface area (Å²) in [4.78, 5) is 0. The Morgan fingerprint density at radius 1 is 1.00 bits per heavy atom. The predicted octanol–water partition coefficient (Wildman–Crippen LogP) is 4.09. The SMILES string of the molecule is CCCCCCCCC1=C2OP(=O)(O1)O2. The lowest BCUT2D eigenvalue weighted by Gasteiger charge is -2.15. The molecule has 0 saturated carbocycles. The maximum atomic E-state index is 11.2. The first kappa shape index (κ1) is 10.9. The number of unbranched alkanes of at least 4 members (excludes halogenated alkanes) is 5. The molecule has 5 heteroatoms. The summed E-state index contributed by atoms with van der Waals surface area (Å²) in [7, 11) is -3.10. The highest BCUT2D eigenvalue weighted by Gasteiger charge is 2.55. The summed E-state index contributed by atoms with van der Waals surface area (Å²) in [5, 5.41) is 0. The highest BCUT2D eigenvalue weighted by Crippen LogP contribution is 2.70. The van der Waals surface area contributed by atoms with Crippen molar-refractivity contribution in [2.75, 3.05) is 0 Å². The molecule has 0 amide bonds. The molecule has 0 aromatic rings. The highest BCUT2D eigenvalue weighted by molar-refractivity contribution is 7.50. The number of phosphoric acid groups is 1. The van der Waals surface area contributed by atoms with Crippen LogP contribution in [0.1, 0.15) is 51.9 Å². The fraction of sp³-hybridized carbons (Fsp3) is 0.800. The first-order valence-corrected chi connectivity index (χ1v) is 7.11. The number of hydrogen-bond acceptors (Lipinski definition) is 4. The highest BCUT2D eigenvalue weighted by atomic mass is 31.2. The summed E-state index contributed by atoms with van der Waals surface area (Å²) < 4.78 is 25.9. The smallest absolute Gasteiger partial charge is 0.383 e. The van der Waals surface area contributed by atoms with Crippen molar-refractivity contribution in [2.24, 2.45) is 0 Å². The van der Waals surface area contributed by atoms with Gasteiger partial charge in [0.25, 0.3) is 0 Å². The molecular weight excluding hydrogens is 215 g/mol. The number of phosphoric ester groups is 1. The monoisotopic (exact) mass is 232 g/mol. The van der Waals surface area contributed by atoms with Crippen molar-refractivity contribution in [1.29, 1.82) is 0 Å². The van der Waals surface area contributed by atoms with Crippen LogP contribution in [0.5, 0.6) is 0 Å². The van der Waals surface area contributed by atoms with Gasteiger partial charge in [0.2, 0.25) is 0 Å². The van der Waals surface area contributed by atoms with E-state index in [9.17, 15) is 4.57 Å². The lowest BCUT2D eigenvalue weighted by molar-refractivity contribution is 0.0985. The van der Waals surface area contributed by atoms with Crippen LogP contribution in [0.2, 0.25) is 0 Å². The van der Waals surface area contributed by atoms with Gasteiger partial charge in [0.05, 0.1) is 0 Å². The van der Waals surface area contributed by atoms with E-state index in [0.717, 1.165) is 12.8 Å². The molecule has 0 aromatic heterocycles. The van der Waals surface area contributed by atoms with Gasteiger partial charge < -0.3 is 13.6 Å². The van der Waals surface area contributed by atoms with Crippen molar-refractivity contribution in [2.45, 2.75) is 51.9 Å². The summed E-state index contributed by atoms with van der Waals surface area (Å²) >= 11 is 0. The molecule has 3 rings (SSSR count). The van der Waals surface area contributed by atoms with Crippen LogP contribution in [0, 0.1) is 0 Å². The third kappa shape index (κ3) is 2.49. The van der Waals surface area contributed by atoms with E-state index >= 15 is 0 Å². The Labute approximate surface area is 90.2 Å². The summed E-state index contributed by atoms with van der Waals surface area (Å²) in [5.41, 5.74) is 0. The van der Waals surface area contributed by atoms with Gasteiger partial charge in [0.1, 0.15) is 0 Å². The second kappa shape index (κ2) is 4.48. The predicted molar refractivity (Wildman–Crippen MR) is 55.9 cm³/mol. The fourth-order valence-electron chi connectivity index (χ4n) is 1.73. The first-order chi connectivity index (χ1) is 7.23. The van der Waals surface area contributed by atoms with Gasteiger partial charge in [-0.25, -0.2) is 0 Å². The Kier molecular flexibility index (Phi) is 3.25. The van der Waals surface area contributed by atoms with Gasteiger partial charge in [-0.1, -0.05) is 39.0 Å². The molecule has 86 valence electrons. The molecule has 0 radical (unpaired) electrons. The quantitative estimate of drug-likeness (QED) is 0.489. The molecule has 3 aliphatic heterocycles. The van der Waals surface area contributed by atoms with E-state index in [0.29, 0.717) is 11.7 Å². The van der Waals surface area contributed by atoms with Crippen molar-refractivity contribution >= 4 is 7.82 Å². The van der Waals surface area contributed by atoms with Crippen LogP contribution in [0.3, 0.4) is 0 Å². The van der Waals surface area contributed by atoms with E-state index in [1.165, 1.54) is 32.1 Å². The minimum absolute atomic E-state index is 0.354. The third-order valence-electron chi connectivity index (χ3n) is 2.60. The van der Waals surface area contributed by atoms with Crippen LogP contribution in [0.4, 0.5) is 0 Å². The third-order valence-corrected chi connectivity index (χ3v) is 3.82. The molecule has 15 heavy (non-hydrogen) atoms. The molecule has 1 fully saturated rings. The van der Waals surface area contributed by atoms with Gasteiger partial charge in [-0.05, 0) is 6.42 Å². The van der Waals surface area contributed by atoms with E-state index in [4.69, 9.17) is 13.6 Å². The Morgan fingerprint density at radius 3 is 2.27 bits per heavy atom. The minimum Gasteiger partial charge on any atom is -0.383 e. The van der Waals surface area contributed by atoms with Crippen molar-refractivity contribution in [1.82, 2.24) is 0 Å². The molecule has 0 aromatic carbocycles. The molecule has 0 spiro atoms. The fourth-order valence-corrected chi connectivity index (χ4v) is 2.87. The van der Waals surface area contributed by atoms with Crippen molar-refractivity contribution in [3.8, 4) is 0 Å². The molecule has 0 atom stereocenters. The van der Waals surface area contributed by atoms with Gasteiger partial charge in [-0.3, -0.25) is 0 Å². The summed E-state index contributed by atoms with van der Waals surface area (Å²) in [6, 6.07) is 0. The van der Waals surface area contributed by atoms with Gasteiger partial charge in [0, 0.05) is 6.42 Å². The average molecular weight is 232 g/mol. The van der Waals surface area contributed by atoms with Gasteiger partial charge >= 0.3 is 13.8 Å².